The third-order valence-electron chi connectivity index (χ3n) is 2.61. The minimum atomic E-state index is -0.125. The zero-order chi connectivity index (χ0) is 12.8. The summed E-state index contributed by atoms with van der Waals surface area (Å²) in [4.78, 5) is 11.2. The highest BCUT2D eigenvalue weighted by Gasteiger charge is 2.06. The van der Waals surface area contributed by atoms with Gasteiger partial charge in [-0.05, 0) is 44.4 Å². The van der Waals surface area contributed by atoms with E-state index in [1.54, 1.807) is 11.8 Å². The third kappa shape index (κ3) is 4.43. The van der Waals surface area contributed by atoms with Crippen LogP contribution in [0, 0.1) is 20.8 Å². The summed E-state index contributed by atoms with van der Waals surface area (Å²) in [6.07, 6.45) is 0. The fourth-order valence-corrected chi connectivity index (χ4v) is 2.89. The van der Waals surface area contributed by atoms with Crippen molar-refractivity contribution in [3.05, 3.63) is 34.4 Å². The van der Waals surface area contributed by atoms with Crippen molar-refractivity contribution in [2.75, 3.05) is 12.4 Å². The number of aryl methyl sites for hydroxylation is 3. The lowest BCUT2D eigenvalue weighted by atomic mass is 10.0. The highest BCUT2D eigenvalue weighted by Crippen LogP contribution is 2.21. The fraction of sp³-hybridized carbons (Fsp3) is 0.500. The van der Waals surface area contributed by atoms with E-state index in [9.17, 15) is 4.79 Å². The van der Waals surface area contributed by atoms with Crippen LogP contribution in [-0.2, 0) is 15.3 Å². The maximum atomic E-state index is 11.2. The topological polar surface area (TPSA) is 26.3 Å². The van der Waals surface area contributed by atoms with E-state index in [-0.39, 0.29) is 5.97 Å². The minimum Gasteiger partial charge on any atom is -0.465 e. The SMILES string of the molecule is CCOC(=O)CSCc1c(C)cc(C)cc1C. The third-order valence-corrected chi connectivity index (χ3v) is 3.54. The Hall–Kier alpha value is -0.960. The number of hydrogen-bond acceptors (Lipinski definition) is 3. The molecule has 0 unspecified atom stereocenters. The van der Waals surface area contributed by atoms with Crippen molar-refractivity contribution in [3.63, 3.8) is 0 Å². The molecule has 0 N–H and O–H groups in total. The quantitative estimate of drug-likeness (QED) is 0.751. The van der Waals surface area contributed by atoms with Crippen molar-refractivity contribution < 1.29 is 9.53 Å². The second-order valence-electron chi connectivity index (χ2n) is 4.18. The number of carbonyl (C=O) groups excluding carboxylic acids is 1. The predicted molar refractivity (Wildman–Crippen MR) is 73.4 cm³/mol. The lowest BCUT2D eigenvalue weighted by Crippen LogP contribution is -2.07. The molecule has 0 radical (unpaired) electrons. The Bertz CT molecular complexity index is 376. The normalized spacial score (nSPS) is 10.4. The summed E-state index contributed by atoms with van der Waals surface area (Å²) in [7, 11) is 0. The van der Waals surface area contributed by atoms with Gasteiger partial charge in [-0.3, -0.25) is 4.79 Å². The molecule has 0 atom stereocenters. The van der Waals surface area contributed by atoms with E-state index in [2.05, 4.69) is 32.9 Å². The predicted octanol–water partition coefficient (Wildman–Crippen LogP) is 3.41. The summed E-state index contributed by atoms with van der Waals surface area (Å²) < 4.78 is 4.90. The summed E-state index contributed by atoms with van der Waals surface area (Å²) in [5.41, 5.74) is 5.24. The highest BCUT2D eigenvalue weighted by atomic mass is 32.2. The molecule has 0 aliphatic rings. The molecule has 0 aliphatic carbocycles. The molecule has 2 nitrogen and oxygen atoms in total. The summed E-state index contributed by atoms with van der Waals surface area (Å²) in [5, 5.41) is 0. The molecule has 1 rings (SSSR count). The first-order chi connectivity index (χ1) is 8.04. The first kappa shape index (κ1) is 14.1. The summed E-state index contributed by atoms with van der Waals surface area (Å²) in [6.45, 7) is 8.65. The van der Waals surface area contributed by atoms with Gasteiger partial charge < -0.3 is 4.74 Å². The van der Waals surface area contributed by atoms with Crippen LogP contribution in [0.25, 0.3) is 0 Å². The Morgan fingerprint density at radius 1 is 1.24 bits per heavy atom. The number of ether oxygens (including phenoxy) is 1. The van der Waals surface area contributed by atoms with Crippen molar-refractivity contribution in [1.29, 1.82) is 0 Å². The molecule has 0 fully saturated rings. The molecule has 0 saturated carbocycles. The van der Waals surface area contributed by atoms with Crippen LogP contribution in [0.1, 0.15) is 29.2 Å². The maximum absolute atomic E-state index is 11.2. The smallest absolute Gasteiger partial charge is 0.315 e. The lowest BCUT2D eigenvalue weighted by molar-refractivity contribution is -0.139. The van der Waals surface area contributed by atoms with Gasteiger partial charge in [-0.15, -0.1) is 11.8 Å². The van der Waals surface area contributed by atoms with Gasteiger partial charge in [0.05, 0.1) is 12.4 Å². The summed E-state index contributed by atoms with van der Waals surface area (Å²) in [6, 6.07) is 4.38. The van der Waals surface area contributed by atoms with Crippen molar-refractivity contribution in [3.8, 4) is 0 Å². The number of carbonyl (C=O) groups is 1. The number of esters is 1. The number of rotatable bonds is 5. The molecule has 0 spiro atoms. The van der Waals surface area contributed by atoms with Gasteiger partial charge in [-0.2, -0.15) is 0 Å². The van der Waals surface area contributed by atoms with Gasteiger partial charge >= 0.3 is 5.97 Å². The van der Waals surface area contributed by atoms with Crippen LogP contribution in [0.15, 0.2) is 12.1 Å². The van der Waals surface area contributed by atoms with E-state index in [1.165, 1.54) is 22.3 Å². The van der Waals surface area contributed by atoms with Gasteiger partial charge in [-0.25, -0.2) is 0 Å². The Balaban J connectivity index is 2.55. The fourth-order valence-electron chi connectivity index (χ4n) is 1.88. The second kappa shape index (κ2) is 6.70. The standard InChI is InChI=1S/C14H20O2S/c1-5-16-14(15)9-17-8-13-11(3)6-10(2)7-12(13)4/h6-7H,5,8-9H2,1-4H3. The van der Waals surface area contributed by atoms with Crippen LogP contribution < -0.4 is 0 Å². The highest BCUT2D eigenvalue weighted by molar-refractivity contribution is 7.99. The molecule has 0 amide bonds. The molecular weight excluding hydrogens is 232 g/mol. The van der Waals surface area contributed by atoms with E-state index in [0.29, 0.717) is 12.4 Å². The van der Waals surface area contributed by atoms with Crippen LogP contribution in [0.3, 0.4) is 0 Å². The van der Waals surface area contributed by atoms with Crippen LogP contribution >= 0.6 is 11.8 Å². The molecule has 1 aromatic rings. The molecule has 1 aromatic carbocycles. The van der Waals surface area contributed by atoms with Crippen molar-refractivity contribution >= 4 is 17.7 Å². The number of benzene rings is 1. The molecule has 0 aliphatic heterocycles. The maximum Gasteiger partial charge on any atom is 0.315 e. The van der Waals surface area contributed by atoms with Crippen molar-refractivity contribution in [2.24, 2.45) is 0 Å². The first-order valence-electron chi connectivity index (χ1n) is 5.84. The van der Waals surface area contributed by atoms with E-state index >= 15 is 0 Å². The molecule has 17 heavy (non-hydrogen) atoms. The monoisotopic (exact) mass is 252 g/mol. The molecule has 0 heterocycles. The first-order valence-corrected chi connectivity index (χ1v) is 7.00. The van der Waals surface area contributed by atoms with E-state index in [1.807, 2.05) is 6.92 Å². The number of hydrogen-bond donors (Lipinski definition) is 0. The van der Waals surface area contributed by atoms with Crippen molar-refractivity contribution in [1.82, 2.24) is 0 Å². The van der Waals surface area contributed by atoms with Crippen LogP contribution in [0.2, 0.25) is 0 Å². The zero-order valence-corrected chi connectivity index (χ0v) is 11.8. The zero-order valence-electron chi connectivity index (χ0n) is 11.0. The number of thioether (sulfide) groups is 1. The largest absolute Gasteiger partial charge is 0.465 e. The van der Waals surface area contributed by atoms with Gasteiger partial charge in [-0.1, -0.05) is 17.7 Å². The van der Waals surface area contributed by atoms with Crippen LogP contribution in [-0.4, -0.2) is 18.3 Å². The Kier molecular flexibility index (Phi) is 5.56. The molecule has 0 saturated heterocycles. The summed E-state index contributed by atoms with van der Waals surface area (Å²) >= 11 is 1.61. The second-order valence-corrected chi connectivity index (χ2v) is 5.16. The average Bonchev–Trinajstić information content (AvgIpc) is 2.22. The van der Waals surface area contributed by atoms with Crippen LogP contribution in [0.5, 0.6) is 0 Å². The lowest BCUT2D eigenvalue weighted by Gasteiger charge is -2.10. The van der Waals surface area contributed by atoms with Gasteiger partial charge in [0.1, 0.15) is 0 Å². The molecule has 0 bridgehead atoms. The Morgan fingerprint density at radius 3 is 2.35 bits per heavy atom. The van der Waals surface area contributed by atoms with Crippen molar-refractivity contribution in [2.45, 2.75) is 33.4 Å². The average molecular weight is 252 g/mol. The van der Waals surface area contributed by atoms with E-state index < -0.39 is 0 Å². The summed E-state index contributed by atoms with van der Waals surface area (Å²) in [5.74, 6) is 1.18. The molecular formula is C14H20O2S. The van der Waals surface area contributed by atoms with Gasteiger partial charge in [0.2, 0.25) is 0 Å². The Labute approximate surface area is 108 Å². The van der Waals surface area contributed by atoms with Gasteiger partial charge in [0.15, 0.2) is 0 Å². The Morgan fingerprint density at radius 2 is 1.82 bits per heavy atom. The van der Waals surface area contributed by atoms with E-state index in [0.717, 1.165) is 5.75 Å². The molecule has 0 aromatic heterocycles. The van der Waals surface area contributed by atoms with E-state index in [4.69, 9.17) is 4.74 Å². The molecule has 94 valence electrons. The minimum absolute atomic E-state index is 0.125. The van der Waals surface area contributed by atoms with Crippen LogP contribution in [0.4, 0.5) is 0 Å². The van der Waals surface area contributed by atoms with Gasteiger partial charge in [0.25, 0.3) is 0 Å². The van der Waals surface area contributed by atoms with Gasteiger partial charge in [0, 0.05) is 5.75 Å². The molecule has 3 heteroatoms.